The quantitative estimate of drug-likeness (QED) is 0.560. The maximum atomic E-state index is 13.1. The van der Waals surface area contributed by atoms with Gasteiger partial charge in [-0.1, -0.05) is 32.9 Å². The lowest BCUT2D eigenvalue weighted by Gasteiger charge is -2.39. The van der Waals surface area contributed by atoms with E-state index in [9.17, 15) is 4.79 Å². The van der Waals surface area contributed by atoms with Crippen LogP contribution in [0.1, 0.15) is 57.4 Å². The fourth-order valence-electron chi connectivity index (χ4n) is 5.77. The summed E-state index contributed by atoms with van der Waals surface area (Å²) in [4.78, 5) is 16.4. The first-order valence-electron chi connectivity index (χ1n) is 11.7. The largest absolute Gasteiger partial charge is 0.490 e. The molecule has 1 aliphatic carbocycles. The third-order valence-corrected chi connectivity index (χ3v) is 7.48. The van der Waals surface area contributed by atoms with Gasteiger partial charge >= 0.3 is 0 Å². The SMILES string of the molecule is CCOc1cc(CNCc2cccs2)ccc1OCC(=O)N1CC2(C)CC1CC(C)(C)C2. The number of hydrogen-bond acceptors (Lipinski definition) is 5. The lowest BCUT2D eigenvalue weighted by atomic mass is 9.65. The van der Waals surface area contributed by atoms with Gasteiger partial charge < -0.3 is 19.7 Å². The Hall–Kier alpha value is -2.05. The van der Waals surface area contributed by atoms with E-state index >= 15 is 0 Å². The van der Waals surface area contributed by atoms with Crippen molar-refractivity contribution in [3.05, 3.63) is 46.2 Å². The molecule has 174 valence electrons. The minimum Gasteiger partial charge on any atom is -0.490 e. The zero-order valence-electron chi connectivity index (χ0n) is 19.8. The van der Waals surface area contributed by atoms with Gasteiger partial charge in [0.05, 0.1) is 6.61 Å². The van der Waals surface area contributed by atoms with Gasteiger partial charge in [0.15, 0.2) is 18.1 Å². The van der Waals surface area contributed by atoms with Crippen LogP contribution in [0.15, 0.2) is 35.7 Å². The highest BCUT2D eigenvalue weighted by Gasteiger charge is 2.50. The van der Waals surface area contributed by atoms with Crippen molar-refractivity contribution >= 4 is 17.2 Å². The summed E-state index contributed by atoms with van der Waals surface area (Å²) in [6.45, 7) is 12.0. The number of carbonyl (C=O) groups is 1. The molecule has 1 saturated carbocycles. The van der Waals surface area contributed by atoms with Crippen LogP contribution in [0.2, 0.25) is 0 Å². The lowest BCUT2D eigenvalue weighted by molar-refractivity contribution is -0.134. The maximum absolute atomic E-state index is 13.1. The third kappa shape index (κ3) is 5.46. The molecule has 6 heteroatoms. The van der Waals surface area contributed by atoms with Crippen LogP contribution in [0.3, 0.4) is 0 Å². The topological polar surface area (TPSA) is 50.8 Å². The van der Waals surface area contributed by atoms with Crippen molar-refractivity contribution in [2.45, 2.75) is 66.1 Å². The van der Waals surface area contributed by atoms with Gasteiger partial charge in [0, 0.05) is 30.6 Å². The van der Waals surface area contributed by atoms with Crippen molar-refractivity contribution < 1.29 is 14.3 Å². The number of thiophene rings is 1. The Morgan fingerprint density at radius 1 is 1.16 bits per heavy atom. The van der Waals surface area contributed by atoms with Gasteiger partial charge in [-0.25, -0.2) is 0 Å². The van der Waals surface area contributed by atoms with Gasteiger partial charge in [0.2, 0.25) is 0 Å². The van der Waals surface area contributed by atoms with Crippen molar-refractivity contribution in [1.29, 1.82) is 0 Å². The number of benzene rings is 1. The second-order valence-corrected chi connectivity index (χ2v) is 11.5. The van der Waals surface area contributed by atoms with Crippen LogP contribution in [0.5, 0.6) is 11.5 Å². The number of fused-ring (bicyclic) bond motifs is 2. The van der Waals surface area contributed by atoms with Crippen molar-refractivity contribution in [2.24, 2.45) is 10.8 Å². The summed E-state index contributed by atoms with van der Waals surface area (Å²) in [6, 6.07) is 10.5. The van der Waals surface area contributed by atoms with Gasteiger partial charge in [-0.3, -0.25) is 4.79 Å². The first-order valence-corrected chi connectivity index (χ1v) is 12.6. The Morgan fingerprint density at radius 2 is 2.00 bits per heavy atom. The van der Waals surface area contributed by atoms with Crippen LogP contribution in [0.25, 0.3) is 0 Å². The van der Waals surface area contributed by atoms with E-state index in [1.807, 2.05) is 25.1 Å². The summed E-state index contributed by atoms with van der Waals surface area (Å²) in [5, 5.41) is 5.56. The number of amides is 1. The van der Waals surface area contributed by atoms with E-state index in [4.69, 9.17) is 9.47 Å². The molecule has 1 aliphatic heterocycles. The predicted molar refractivity (Wildman–Crippen MR) is 129 cm³/mol. The Kier molecular flexibility index (Phi) is 6.82. The number of rotatable bonds is 9. The summed E-state index contributed by atoms with van der Waals surface area (Å²) >= 11 is 1.75. The molecular formula is C26H36N2O3S. The van der Waals surface area contributed by atoms with E-state index in [-0.39, 0.29) is 17.9 Å². The number of hydrogen-bond donors (Lipinski definition) is 1. The number of ether oxygens (including phenoxy) is 2. The Bertz CT molecular complexity index is 927. The molecule has 0 radical (unpaired) electrons. The van der Waals surface area contributed by atoms with E-state index < -0.39 is 0 Å². The van der Waals surface area contributed by atoms with E-state index in [1.165, 1.54) is 11.3 Å². The predicted octanol–water partition coefficient (Wildman–Crippen LogP) is 5.24. The molecule has 1 saturated heterocycles. The van der Waals surface area contributed by atoms with Crippen molar-refractivity contribution in [3.8, 4) is 11.5 Å². The van der Waals surface area contributed by atoms with E-state index in [0.717, 1.165) is 38.0 Å². The third-order valence-electron chi connectivity index (χ3n) is 6.60. The number of nitrogens with one attached hydrogen (secondary N) is 1. The van der Waals surface area contributed by atoms with Crippen molar-refractivity contribution in [1.82, 2.24) is 10.2 Å². The smallest absolute Gasteiger partial charge is 0.260 e. The molecule has 2 fully saturated rings. The van der Waals surface area contributed by atoms with Gasteiger partial charge in [0.1, 0.15) is 0 Å². The molecule has 2 unspecified atom stereocenters. The molecule has 1 aromatic carbocycles. The summed E-state index contributed by atoms with van der Waals surface area (Å²) in [5.41, 5.74) is 1.66. The molecule has 2 heterocycles. The molecular weight excluding hydrogens is 420 g/mol. The van der Waals surface area contributed by atoms with Crippen LogP contribution in [-0.2, 0) is 17.9 Å². The van der Waals surface area contributed by atoms with Crippen LogP contribution in [0, 0.1) is 10.8 Å². The average Bonchev–Trinajstić information content (AvgIpc) is 3.32. The molecule has 2 atom stereocenters. The molecule has 0 spiro atoms. The van der Waals surface area contributed by atoms with Crippen LogP contribution >= 0.6 is 11.3 Å². The fraction of sp³-hybridized carbons (Fsp3) is 0.577. The van der Waals surface area contributed by atoms with Crippen LogP contribution in [-0.4, -0.2) is 36.6 Å². The highest BCUT2D eigenvalue weighted by molar-refractivity contribution is 7.09. The van der Waals surface area contributed by atoms with Gasteiger partial charge in [0.25, 0.3) is 5.91 Å². The summed E-state index contributed by atoms with van der Waals surface area (Å²) in [5.74, 6) is 1.42. The lowest BCUT2D eigenvalue weighted by Crippen LogP contribution is -2.40. The van der Waals surface area contributed by atoms with Crippen molar-refractivity contribution in [2.75, 3.05) is 19.8 Å². The Balaban J connectivity index is 1.35. The second kappa shape index (κ2) is 9.44. The normalized spacial score (nSPS) is 23.9. The monoisotopic (exact) mass is 456 g/mol. The Labute approximate surface area is 196 Å². The number of nitrogens with zero attached hydrogens (tertiary/aromatic N) is 1. The van der Waals surface area contributed by atoms with E-state index in [2.05, 4.69) is 48.5 Å². The molecule has 1 amide bonds. The van der Waals surface area contributed by atoms with Crippen LogP contribution in [0.4, 0.5) is 0 Å². The molecule has 4 rings (SSSR count). The minimum absolute atomic E-state index is 0.0586. The first-order chi connectivity index (χ1) is 15.3. The van der Waals surface area contributed by atoms with Gasteiger partial charge in [-0.2, -0.15) is 0 Å². The molecule has 2 aromatic rings. The highest BCUT2D eigenvalue weighted by atomic mass is 32.1. The zero-order chi connectivity index (χ0) is 22.8. The van der Waals surface area contributed by atoms with E-state index in [0.29, 0.717) is 29.6 Å². The fourth-order valence-corrected chi connectivity index (χ4v) is 6.44. The van der Waals surface area contributed by atoms with Crippen molar-refractivity contribution in [3.63, 3.8) is 0 Å². The molecule has 2 aliphatic rings. The molecule has 32 heavy (non-hydrogen) atoms. The standard InChI is InChI=1S/C26H36N2O3S/c1-5-30-23-11-19(14-27-15-21-7-6-10-32-21)8-9-22(23)31-16-24(29)28-18-26(4)13-20(28)12-25(2,3)17-26/h6-11,20,27H,5,12-18H2,1-4H3. The van der Waals surface area contributed by atoms with Gasteiger partial charge in [-0.15, -0.1) is 11.3 Å². The first kappa shape index (κ1) is 23.1. The molecule has 1 aromatic heterocycles. The average molecular weight is 457 g/mol. The summed E-state index contributed by atoms with van der Waals surface area (Å²) < 4.78 is 11.8. The zero-order valence-corrected chi connectivity index (χ0v) is 20.6. The summed E-state index contributed by atoms with van der Waals surface area (Å²) in [7, 11) is 0. The van der Waals surface area contributed by atoms with Gasteiger partial charge in [-0.05, 0) is 66.2 Å². The molecule has 2 bridgehead atoms. The highest BCUT2D eigenvalue weighted by Crippen LogP contribution is 2.52. The Morgan fingerprint density at radius 3 is 2.75 bits per heavy atom. The van der Waals surface area contributed by atoms with E-state index in [1.54, 1.807) is 11.3 Å². The molecule has 5 nitrogen and oxygen atoms in total. The number of carbonyl (C=O) groups excluding carboxylic acids is 1. The van der Waals surface area contributed by atoms with Crippen LogP contribution < -0.4 is 14.8 Å². The second-order valence-electron chi connectivity index (χ2n) is 10.4. The molecule has 1 N–H and O–H groups in total. The minimum atomic E-state index is 0.0586. The summed E-state index contributed by atoms with van der Waals surface area (Å²) in [6.07, 6.45) is 3.36. The number of likely N-dealkylation sites (tertiary alicyclic amines) is 1. The maximum Gasteiger partial charge on any atom is 0.260 e.